The van der Waals surface area contributed by atoms with Crippen LogP contribution in [0, 0.1) is 11.8 Å². The number of carbonyl (C=O) groups is 3. The van der Waals surface area contributed by atoms with Gasteiger partial charge in [0.05, 0.1) is 6.61 Å². The van der Waals surface area contributed by atoms with Crippen LogP contribution in [-0.2, 0) is 23.9 Å². The molecule has 0 saturated carbocycles. The molecule has 0 amide bonds. The van der Waals surface area contributed by atoms with Crippen LogP contribution in [0.5, 0.6) is 0 Å². The fourth-order valence-corrected chi connectivity index (χ4v) is 2.54. The lowest BCUT2D eigenvalue weighted by Crippen LogP contribution is -2.48. The molecule has 1 rings (SSSR count). The lowest BCUT2D eigenvalue weighted by atomic mass is 9.77. The van der Waals surface area contributed by atoms with Gasteiger partial charge in [-0.1, -0.05) is 19.9 Å². The van der Waals surface area contributed by atoms with E-state index in [9.17, 15) is 19.5 Å². The molecule has 0 radical (unpaired) electrons. The van der Waals surface area contributed by atoms with Gasteiger partial charge < -0.3 is 14.6 Å². The molecule has 23 heavy (non-hydrogen) atoms. The summed E-state index contributed by atoms with van der Waals surface area (Å²) in [6.45, 7) is 7.76. The van der Waals surface area contributed by atoms with Crippen molar-refractivity contribution in [1.29, 1.82) is 0 Å². The minimum atomic E-state index is -1.09. The molecular formula is C17H24O6. The summed E-state index contributed by atoms with van der Waals surface area (Å²) >= 11 is 0. The standard InChI is InChI=1S/C17H24O6/c1-6-10(4)17(21)23-16-14(9(2)3)13(22-11(5)19)7-12(8-18)15(16)20/h6-7,9,13-14,16,18H,8H2,1-5H3. The molecule has 0 aromatic rings. The Kier molecular flexibility index (Phi) is 6.69. The molecule has 1 N–H and O–H groups in total. The Morgan fingerprint density at radius 1 is 1.30 bits per heavy atom. The zero-order valence-electron chi connectivity index (χ0n) is 14.2. The molecule has 0 saturated heterocycles. The third-order valence-electron chi connectivity index (χ3n) is 3.90. The lowest BCUT2D eigenvalue weighted by molar-refractivity contribution is -0.164. The zero-order valence-corrected chi connectivity index (χ0v) is 14.2. The van der Waals surface area contributed by atoms with Crippen LogP contribution in [-0.4, -0.2) is 41.6 Å². The first-order chi connectivity index (χ1) is 10.7. The Balaban J connectivity index is 3.22. The molecule has 0 aliphatic heterocycles. The summed E-state index contributed by atoms with van der Waals surface area (Å²) in [6.07, 6.45) is 1.22. The average molecular weight is 324 g/mol. The minimum absolute atomic E-state index is 0.0801. The second-order valence-electron chi connectivity index (χ2n) is 5.91. The Labute approximate surface area is 136 Å². The van der Waals surface area contributed by atoms with Crippen LogP contribution in [0.2, 0.25) is 0 Å². The highest BCUT2D eigenvalue weighted by molar-refractivity contribution is 6.02. The van der Waals surface area contributed by atoms with Crippen molar-refractivity contribution in [2.45, 2.75) is 46.8 Å². The second-order valence-corrected chi connectivity index (χ2v) is 5.91. The van der Waals surface area contributed by atoms with Gasteiger partial charge in [0.2, 0.25) is 5.78 Å². The highest BCUT2D eigenvalue weighted by atomic mass is 16.6. The third kappa shape index (κ3) is 4.51. The Hall–Kier alpha value is -1.95. The molecule has 0 fully saturated rings. The summed E-state index contributed by atoms with van der Waals surface area (Å²) < 4.78 is 10.6. The summed E-state index contributed by atoms with van der Waals surface area (Å²) in [5, 5.41) is 9.36. The molecule has 0 aromatic heterocycles. The van der Waals surface area contributed by atoms with Gasteiger partial charge in [0.15, 0.2) is 6.10 Å². The number of Topliss-reactive ketones (excluding diaryl/α,β-unsaturated/α-hetero) is 1. The fraction of sp³-hybridized carbons (Fsp3) is 0.588. The summed E-state index contributed by atoms with van der Waals surface area (Å²) in [7, 11) is 0. The van der Waals surface area contributed by atoms with E-state index in [4.69, 9.17) is 9.47 Å². The Morgan fingerprint density at radius 3 is 2.35 bits per heavy atom. The number of allylic oxidation sites excluding steroid dienone is 1. The van der Waals surface area contributed by atoms with Gasteiger partial charge in [0.25, 0.3) is 0 Å². The maximum Gasteiger partial charge on any atom is 0.334 e. The summed E-state index contributed by atoms with van der Waals surface area (Å²) in [5.74, 6) is -2.14. The predicted molar refractivity (Wildman–Crippen MR) is 83.4 cm³/mol. The molecule has 1 aliphatic rings. The summed E-state index contributed by atoms with van der Waals surface area (Å²) in [4.78, 5) is 35.9. The Morgan fingerprint density at radius 2 is 1.91 bits per heavy atom. The van der Waals surface area contributed by atoms with E-state index >= 15 is 0 Å². The van der Waals surface area contributed by atoms with Gasteiger partial charge in [-0.05, 0) is 25.8 Å². The second kappa shape index (κ2) is 8.06. The molecule has 3 atom stereocenters. The van der Waals surface area contributed by atoms with Crippen LogP contribution in [0.3, 0.4) is 0 Å². The quantitative estimate of drug-likeness (QED) is 0.610. The monoisotopic (exact) mass is 324 g/mol. The number of hydrogen-bond donors (Lipinski definition) is 1. The topological polar surface area (TPSA) is 89.9 Å². The van der Waals surface area contributed by atoms with E-state index < -0.39 is 42.5 Å². The lowest BCUT2D eigenvalue weighted by Gasteiger charge is -2.37. The van der Waals surface area contributed by atoms with Crippen LogP contribution < -0.4 is 0 Å². The van der Waals surface area contributed by atoms with Gasteiger partial charge >= 0.3 is 11.9 Å². The van der Waals surface area contributed by atoms with Crippen molar-refractivity contribution >= 4 is 17.7 Å². The first kappa shape index (κ1) is 19.1. The summed E-state index contributed by atoms with van der Waals surface area (Å²) in [5.41, 5.74) is 0.466. The van der Waals surface area contributed by atoms with Crippen molar-refractivity contribution in [2.24, 2.45) is 11.8 Å². The first-order valence-corrected chi connectivity index (χ1v) is 7.59. The molecule has 0 aromatic carbocycles. The van der Waals surface area contributed by atoms with E-state index in [0.717, 1.165) is 0 Å². The fourth-order valence-electron chi connectivity index (χ4n) is 2.54. The number of rotatable bonds is 5. The highest BCUT2D eigenvalue weighted by Gasteiger charge is 2.44. The molecule has 0 bridgehead atoms. The maximum absolute atomic E-state index is 12.5. The van der Waals surface area contributed by atoms with Crippen LogP contribution >= 0.6 is 0 Å². The average Bonchev–Trinajstić information content (AvgIpc) is 2.48. The number of aliphatic hydroxyl groups is 1. The third-order valence-corrected chi connectivity index (χ3v) is 3.90. The molecule has 0 spiro atoms. The normalized spacial score (nSPS) is 25.2. The van der Waals surface area contributed by atoms with Crippen LogP contribution in [0.1, 0.15) is 34.6 Å². The van der Waals surface area contributed by atoms with Crippen molar-refractivity contribution in [2.75, 3.05) is 6.61 Å². The molecule has 128 valence electrons. The van der Waals surface area contributed by atoms with E-state index in [-0.39, 0.29) is 11.5 Å². The highest BCUT2D eigenvalue weighted by Crippen LogP contribution is 2.32. The molecule has 3 unspecified atom stereocenters. The van der Waals surface area contributed by atoms with Crippen LogP contribution in [0.25, 0.3) is 0 Å². The number of carbonyl (C=O) groups excluding carboxylic acids is 3. The largest absolute Gasteiger partial charge is 0.458 e. The summed E-state index contributed by atoms with van der Waals surface area (Å²) in [6, 6.07) is 0. The van der Waals surface area contributed by atoms with Crippen molar-refractivity contribution in [3.63, 3.8) is 0 Å². The van der Waals surface area contributed by atoms with Crippen molar-refractivity contribution in [1.82, 2.24) is 0 Å². The first-order valence-electron chi connectivity index (χ1n) is 7.59. The van der Waals surface area contributed by atoms with Crippen molar-refractivity contribution < 1.29 is 29.0 Å². The smallest absolute Gasteiger partial charge is 0.334 e. The van der Waals surface area contributed by atoms with E-state index in [1.165, 1.54) is 13.0 Å². The van der Waals surface area contributed by atoms with E-state index in [0.29, 0.717) is 5.57 Å². The minimum Gasteiger partial charge on any atom is -0.458 e. The van der Waals surface area contributed by atoms with E-state index in [2.05, 4.69) is 0 Å². The molecular weight excluding hydrogens is 300 g/mol. The number of hydrogen-bond acceptors (Lipinski definition) is 6. The maximum atomic E-state index is 12.5. The van der Waals surface area contributed by atoms with Gasteiger partial charge in [0.1, 0.15) is 6.10 Å². The SMILES string of the molecule is CC=C(C)C(=O)OC1C(=O)C(CO)=CC(OC(C)=O)C1C(C)C. The number of ketones is 1. The molecule has 6 heteroatoms. The van der Waals surface area contributed by atoms with E-state index in [1.54, 1.807) is 19.9 Å². The van der Waals surface area contributed by atoms with Gasteiger partial charge in [-0.15, -0.1) is 0 Å². The van der Waals surface area contributed by atoms with Gasteiger partial charge in [-0.2, -0.15) is 0 Å². The number of aliphatic hydroxyl groups excluding tert-OH is 1. The molecule has 0 heterocycles. The van der Waals surface area contributed by atoms with Gasteiger partial charge in [-0.25, -0.2) is 4.79 Å². The molecule has 6 nitrogen and oxygen atoms in total. The van der Waals surface area contributed by atoms with Gasteiger partial charge in [0, 0.05) is 24.0 Å². The zero-order chi connectivity index (χ0) is 17.7. The Bertz CT molecular complexity index is 543. The van der Waals surface area contributed by atoms with Crippen LogP contribution in [0.4, 0.5) is 0 Å². The van der Waals surface area contributed by atoms with E-state index in [1.807, 2.05) is 13.8 Å². The molecule has 1 aliphatic carbocycles. The number of esters is 2. The predicted octanol–water partition coefficient (Wildman–Crippen LogP) is 1.57. The van der Waals surface area contributed by atoms with Crippen LogP contribution in [0.15, 0.2) is 23.3 Å². The van der Waals surface area contributed by atoms with Gasteiger partial charge in [-0.3, -0.25) is 9.59 Å². The van der Waals surface area contributed by atoms with Crippen molar-refractivity contribution in [3.05, 3.63) is 23.3 Å². The number of ether oxygens (including phenoxy) is 2. The van der Waals surface area contributed by atoms with Crippen molar-refractivity contribution in [3.8, 4) is 0 Å².